The molecule has 3 rings (SSSR count). The van der Waals surface area contributed by atoms with Crippen LogP contribution in [0.1, 0.15) is 38.1 Å². The molecule has 0 bridgehead atoms. The average molecular weight is 427 g/mol. The summed E-state index contributed by atoms with van der Waals surface area (Å²) >= 11 is 0. The molecule has 6 heteroatoms. The fraction of sp³-hybridized carbons (Fsp3) is 0.333. The molecular weight excluding hydrogens is 396 g/mol. The van der Waals surface area contributed by atoms with Crippen LogP contribution >= 0.6 is 0 Å². The lowest BCUT2D eigenvalue weighted by molar-refractivity contribution is 0.211. The highest BCUT2D eigenvalue weighted by atomic mass is 32.2. The maximum atomic E-state index is 12.7. The predicted molar refractivity (Wildman–Crippen MR) is 121 cm³/mol. The topological polar surface area (TPSA) is 62.4 Å². The van der Waals surface area contributed by atoms with Gasteiger partial charge in [-0.15, -0.1) is 0 Å². The molecule has 0 saturated heterocycles. The van der Waals surface area contributed by atoms with E-state index in [9.17, 15) is 8.42 Å². The van der Waals surface area contributed by atoms with Crippen molar-refractivity contribution in [1.29, 1.82) is 0 Å². The van der Waals surface area contributed by atoms with Gasteiger partial charge in [-0.1, -0.05) is 50.2 Å². The fourth-order valence-corrected chi connectivity index (χ4v) is 4.84. The highest BCUT2D eigenvalue weighted by Gasteiger charge is 2.22. The predicted octanol–water partition coefficient (Wildman–Crippen LogP) is 5.07. The molecule has 1 aromatic heterocycles. The second-order valence-corrected chi connectivity index (χ2v) is 9.53. The Labute approximate surface area is 179 Å². The Hall–Kier alpha value is -2.57. The van der Waals surface area contributed by atoms with Crippen molar-refractivity contribution in [3.8, 4) is 17.0 Å². The molecule has 1 heterocycles. The van der Waals surface area contributed by atoms with E-state index in [1.165, 1.54) is 5.56 Å². The van der Waals surface area contributed by atoms with E-state index in [0.29, 0.717) is 16.2 Å². The molecule has 1 unspecified atom stereocenters. The van der Waals surface area contributed by atoms with E-state index in [-0.39, 0.29) is 11.8 Å². The minimum Gasteiger partial charge on any atom is -0.496 e. The van der Waals surface area contributed by atoms with Crippen LogP contribution in [0, 0.1) is 0 Å². The molecule has 2 aromatic carbocycles. The molecule has 1 N–H and O–H groups in total. The van der Waals surface area contributed by atoms with E-state index >= 15 is 0 Å². The Morgan fingerprint density at radius 2 is 1.73 bits per heavy atom. The van der Waals surface area contributed by atoms with E-state index < -0.39 is 9.84 Å². The van der Waals surface area contributed by atoms with Crippen LogP contribution in [0.2, 0.25) is 0 Å². The third kappa shape index (κ3) is 4.60. The van der Waals surface area contributed by atoms with Gasteiger partial charge in [0.1, 0.15) is 5.75 Å². The molecule has 3 aromatic rings. The Bertz CT molecular complexity index is 1070. The molecule has 0 radical (unpaired) electrons. The number of ether oxygens (including phenoxy) is 1. The zero-order valence-electron chi connectivity index (χ0n) is 18.1. The van der Waals surface area contributed by atoms with E-state index in [1.54, 1.807) is 32.2 Å². The number of nitrogens with one attached hydrogen (secondary N) is 1. The van der Waals surface area contributed by atoms with E-state index in [2.05, 4.69) is 48.0 Å². The summed E-state index contributed by atoms with van der Waals surface area (Å²) in [5.41, 5.74) is 3.64. The van der Waals surface area contributed by atoms with E-state index in [0.717, 1.165) is 24.5 Å². The minimum absolute atomic E-state index is 0.0406. The first kappa shape index (κ1) is 22.1. The highest BCUT2D eigenvalue weighted by molar-refractivity contribution is 7.91. The maximum absolute atomic E-state index is 12.7. The van der Waals surface area contributed by atoms with Crippen LogP contribution < -0.4 is 4.74 Å². The normalized spacial score (nSPS) is 12.8. The zero-order valence-corrected chi connectivity index (χ0v) is 18.9. The summed E-state index contributed by atoms with van der Waals surface area (Å²) in [6.45, 7) is 7.64. The van der Waals surface area contributed by atoms with Gasteiger partial charge >= 0.3 is 0 Å². The van der Waals surface area contributed by atoms with Crippen LogP contribution in [-0.2, 0) is 16.4 Å². The van der Waals surface area contributed by atoms with Crippen molar-refractivity contribution >= 4 is 9.84 Å². The monoisotopic (exact) mass is 426 g/mol. The van der Waals surface area contributed by atoms with Crippen molar-refractivity contribution in [2.75, 3.05) is 19.4 Å². The van der Waals surface area contributed by atoms with Gasteiger partial charge in [0.15, 0.2) is 9.84 Å². The van der Waals surface area contributed by atoms with Gasteiger partial charge in [0.05, 0.1) is 29.0 Å². The molecule has 0 aliphatic rings. The molecule has 160 valence electrons. The van der Waals surface area contributed by atoms with Gasteiger partial charge in [0.2, 0.25) is 0 Å². The van der Waals surface area contributed by atoms with Gasteiger partial charge in [-0.05, 0) is 43.3 Å². The van der Waals surface area contributed by atoms with Crippen molar-refractivity contribution in [3.63, 3.8) is 0 Å². The lowest BCUT2D eigenvalue weighted by Crippen LogP contribution is -2.26. The van der Waals surface area contributed by atoms with Crippen molar-refractivity contribution in [2.45, 2.75) is 38.3 Å². The second-order valence-electron chi connectivity index (χ2n) is 7.28. The molecule has 0 amide bonds. The van der Waals surface area contributed by atoms with Crippen molar-refractivity contribution < 1.29 is 13.2 Å². The van der Waals surface area contributed by atoms with Crippen LogP contribution in [0.4, 0.5) is 0 Å². The number of benzene rings is 2. The largest absolute Gasteiger partial charge is 0.496 e. The number of hydrogen-bond acceptors (Lipinski definition) is 4. The van der Waals surface area contributed by atoms with E-state index in [4.69, 9.17) is 4.74 Å². The number of H-pyrrole nitrogens is 1. The fourth-order valence-electron chi connectivity index (χ4n) is 3.72. The second kappa shape index (κ2) is 9.49. The van der Waals surface area contributed by atoms with Gasteiger partial charge < -0.3 is 9.72 Å². The van der Waals surface area contributed by atoms with Crippen molar-refractivity contribution in [3.05, 3.63) is 71.9 Å². The smallest absolute Gasteiger partial charge is 0.178 e. The standard InChI is InChI=1S/C24H30N2O3S/c1-5-26(18(3)19-11-8-7-9-12-19)17-20-15-16-21(25-20)24-22(29-4)13-10-14-23(24)30(27,28)6-2/h7-16,18,25H,5-6,17H2,1-4H3. The number of aromatic amines is 1. The quantitative estimate of drug-likeness (QED) is 0.519. The number of aromatic nitrogens is 1. The molecule has 0 spiro atoms. The van der Waals surface area contributed by atoms with Crippen molar-refractivity contribution in [1.82, 2.24) is 9.88 Å². The summed E-state index contributed by atoms with van der Waals surface area (Å²) < 4.78 is 30.8. The average Bonchev–Trinajstić information content (AvgIpc) is 3.25. The molecule has 1 atom stereocenters. The summed E-state index contributed by atoms with van der Waals surface area (Å²) in [5, 5.41) is 0. The van der Waals surface area contributed by atoms with Gasteiger partial charge in [0.25, 0.3) is 0 Å². The molecule has 0 aliphatic heterocycles. The van der Waals surface area contributed by atoms with Crippen LogP contribution in [0.5, 0.6) is 5.75 Å². The molecule has 5 nitrogen and oxygen atoms in total. The van der Waals surface area contributed by atoms with Gasteiger partial charge in [0, 0.05) is 18.3 Å². The number of hydrogen-bond donors (Lipinski definition) is 1. The summed E-state index contributed by atoms with van der Waals surface area (Å²) in [6, 6.07) is 19.8. The number of nitrogens with zero attached hydrogens (tertiary/aromatic N) is 1. The van der Waals surface area contributed by atoms with Crippen LogP contribution in [0.3, 0.4) is 0 Å². The Morgan fingerprint density at radius 3 is 2.37 bits per heavy atom. The van der Waals surface area contributed by atoms with Crippen LogP contribution in [0.25, 0.3) is 11.3 Å². The summed E-state index contributed by atoms with van der Waals surface area (Å²) in [7, 11) is -1.83. The Morgan fingerprint density at radius 1 is 1.00 bits per heavy atom. The third-order valence-corrected chi connectivity index (χ3v) is 7.32. The molecule has 0 fully saturated rings. The van der Waals surface area contributed by atoms with Crippen molar-refractivity contribution in [2.24, 2.45) is 0 Å². The first-order valence-electron chi connectivity index (χ1n) is 10.3. The van der Waals surface area contributed by atoms with E-state index in [1.807, 2.05) is 18.2 Å². The maximum Gasteiger partial charge on any atom is 0.178 e. The molecular formula is C24H30N2O3S. The molecule has 30 heavy (non-hydrogen) atoms. The van der Waals surface area contributed by atoms with Gasteiger partial charge in [-0.25, -0.2) is 8.42 Å². The van der Waals surface area contributed by atoms with Crippen LogP contribution in [-0.4, -0.2) is 37.7 Å². The lowest BCUT2D eigenvalue weighted by Gasteiger charge is -2.27. The number of methoxy groups -OCH3 is 1. The minimum atomic E-state index is -3.39. The number of rotatable bonds is 9. The first-order valence-corrected chi connectivity index (χ1v) is 11.9. The van der Waals surface area contributed by atoms with Crippen LogP contribution in [0.15, 0.2) is 65.6 Å². The number of sulfone groups is 1. The first-order chi connectivity index (χ1) is 14.4. The lowest BCUT2D eigenvalue weighted by atomic mass is 10.1. The zero-order chi connectivity index (χ0) is 21.7. The summed E-state index contributed by atoms with van der Waals surface area (Å²) in [5.74, 6) is 0.585. The molecule has 0 aliphatic carbocycles. The highest BCUT2D eigenvalue weighted by Crippen LogP contribution is 2.36. The Kier molecular flexibility index (Phi) is 7.00. The third-order valence-electron chi connectivity index (χ3n) is 5.55. The van der Waals surface area contributed by atoms with Gasteiger partial charge in [-0.3, -0.25) is 4.90 Å². The summed E-state index contributed by atoms with van der Waals surface area (Å²) in [6.07, 6.45) is 0. The molecule has 0 saturated carbocycles. The SMILES string of the molecule is CCN(Cc1ccc(-c2c(OC)cccc2S(=O)(=O)CC)[nH]1)C(C)c1ccccc1. The summed E-state index contributed by atoms with van der Waals surface area (Å²) in [4.78, 5) is 6.09. The Balaban J connectivity index is 1.93. The van der Waals surface area contributed by atoms with Gasteiger partial charge in [-0.2, -0.15) is 0 Å².